The number of methoxy groups -OCH3 is 1. The fourth-order valence-electron chi connectivity index (χ4n) is 2.15. The van der Waals surface area contributed by atoms with E-state index in [0.29, 0.717) is 0 Å². The lowest BCUT2D eigenvalue weighted by atomic mass is 10.1. The SMILES string of the molecule is COc1cccc(-c2cccc(-c3ccccc3)n2)c1. The fraction of sp³-hybridized carbons (Fsp3) is 0.0556. The van der Waals surface area contributed by atoms with Crippen molar-refractivity contribution in [3.63, 3.8) is 0 Å². The third-order valence-electron chi connectivity index (χ3n) is 3.18. The standard InChI is InChI=1S/C18H15NO/c1-20-16-10-5-9-15(13-16)18-12-6-11-17(19-18)14-7-3-2-4-8-14/h2-13H,1H3. The molecule has 3 rings (SSSR count). The molecule has 1 aromatic heterocycles. The van der Waals surface area contributed by atoms with E-state index in [1.165, 1.54) is 0 Å². The average Bonchev–Trinajstić information content (AvgIpc) is 2.56. The molecule has 2 nitrogen and oxygen atoms in total. The Hall–Kier alpha value is -2.61. The highest BCUT2D eigenvalue weighted by Gasteiger charge is 2.04. The van der Waals surface area contributed by atoms with Gasteiger partial charge in [0.25, 0.3) is 0 Å². The first-order chi connectivity index (χ1) is 9.86. The minimum absolute atomic E-state index is 0.842. The van der Waals surface area contributed by atoms with Crippen LogP contribution in [0, 0.1) is 0 Å². The highest BCUT2D eigenvalue weighted by atomic mass is 16.5. The summed E-state index contributed by atoms with van der Waals surface area (Å²) in [4.78, 5) is 4.73. The van der Waals surface area contributed by atoms with Crippen molar-refractivity contribution >= 4 is 0 Å². The summed E-state index contributed by atoms with van der Waals surface area (Å²) in [5, 5.41) is 0. The molecule has 0 aliphatic carbocycles. The maximum atomic E-state index is 5.26. The number of nitrogens with zero attached hydrogens (tertiary/aromatic N) is 1. The van der Waals surface area contributed by atoms with E-state index in [2.05, 4.69) is 12.1 Å². The van der Waals surface area contributed by atoms with Crippen LogP contribution < -0.4 is 4.74 Å². The zero-order chi connectivity index (χ0) is 13.8. The van der Waals surface area contributed by atoms with Crippen LogP contribution in [-0.2, 0) is 0 Å². The number of ether oxygens (including phenoxy) is 1. The normalized spacial score (nSPS) is 10.2. The molecule has 20 heavy (non-hydrogen) atoms. The van der Waals surface area contributed by atoms with Crippen molar-refractivity contribution in [2.24, 2.45) is 0 Å². The quantitative estimate of drug-likeness (QED) is 0.696. The van der Waals surface area contributed by atoms with Gasteiger partial charge >= 0.3 is 0 Å². The molecule has 0 saturated carbocycles. The molecule has 0 aliphatic heterocycles. The lowest BCUT2D eigenvalue weighted by Crippen LogP contribution is -1.89. The van der Waals surface area contributed by atoms with Crippen molar-refractivity contribution in [1.29, 1.82) is 0 Å². The van der Waals surface area contributed by atoms with Gasteiger partial charge in [0.15, 0.2) is 0 Å². The molecule has 0 spiro atoms. The molecule has 0 atom stereocenters. The van der Waals surface area contributed by atoms with E-state index in [-0.39, 0.29) is 0 Å². The Balaban J connectivity index is 2.03. The molecule has 0 fully saturated rings. The van der Waals surface area contributed by atoms with Gasteiger partial charge in [0.05, 0.1) is 18.5 Å². The molecule has 0 amide bonds. The predicted octanol–water partition coefficient (Wildman–Crippen LogP) is 4.42. The van der Waals surface area contributed by atoms with Crippen molar-refractivity contribution in [2.45, 2.75) is 0 Å². The van der Waals surface area contributed by atoms with E-state index >= 15 is 0 Å². The van der Waals surface area contributed by atoms with Gasteiger partial charge in [-0.1, -0.05) is 48.5 Å². The van der Waals surface area contributed by atoms with Crippen LogP contribution in [0.25, 0.3) is 22.5 Å². The molecule has 0 radical (unpaired) electrons. The van der Waals surface area contributed by atoms with Crippen LogP contribution in [0.5, 0.6) is 5.75 Å². The average molecular weight is 261 g/mol. The Kier molecular flexibility index (Phi) is 3.46. The molecule has 0 unspecified atom stereocenters. The maximum Gasteiger partial charge on any atom is 0.119 e. The van der Waals surface area contributed by atoms with E-state index in [1.54, 1.807) is 7.11 Å². The number of benzene rings is 2. The summed E-state index contributed by atoms with van der Waals surface area (Å²) in [6.07, 6.45) is 0. The Morgan fingerprint density at radius 2 is 1.35 bits per heavy atom. The molecule has 0 N–H and O–H groups in total. The molecular formula is C18H15NO. The Labute approximate surface area is 118 Å². The molecule has 2 heteroatoms. The van der Waals surface area contributed by atoms with Crippen molar-refractivity contribution in [2.75, 3.05) is 7.11 Å². The molecule has 0 bridgehead atoms. The summed E-state index contributed by atoms with van der Waals surface area (Å²) in [5.74, 6) is 0.842. The van der Waals surface area contributed by atoms with E-state index < -0.39 is 0 Å². The topological polar surface area (TPSA) is 22.1 Å². The van der Waals surface area contributed by atoms with Gasteiger partial charge in [0.2, 0.25) is 0 Å². The second kappa shape index (κ2) is 5.57. The van der Waals surface area contributed by atoms with Gasteiger partial charge in [-0.25, -0.2) is 4.98 Å². The van der Waals surface area contributed by atoms with Crippen molar-refractivity contribution in [3.05, 3.63) is 72.8 Å². The van der Waals surface area contributed by atoms with E-state index in [0.717, 1.165) is 28.3 Å². The van der Waals surface area contributed by atoms with Crippen LogP contribution in [0.4, 0.5) is 0 Å². The Morgan fingerprint density at radius 1 is 0.700 bits per heavy atom. The van der Waals surface area contributed by atoms with Gasteiger partial charge < -0.3 is 4.74 Å². The summed E-state index contributed by atoms with van der Waals surface area (Å²) in [6.45, 7) is 0. The highest BCUT2D eigenvalue weighted by molar-refractivity contribution is 5.66. The molecular weight excluding hydrogens is 246 g/mol. The van der Waals surface area contributed by atoms with Crippen LogP contribution in [0.2, 0.25) is 0 Å². The van der Waals surface area contributed by atoms with Gasteiger partial charge in [0.1, 0.15) is 5.75 Å². The molecule has 0 saturated heterocycles. The fourth-order valence-corrected chi connectivity index (χ4v) is 2.15. The summed E-state index contributed by atoms with van der Waals surface area (Å²) < 4.78 is 5.26. The first-order valence-corrected chi connectivity index (χ1v) is 6.54. The van der Waals surface area contributed by atoms with Crippen molar-refractivity contribution in [1.82, 2.24) is 4.98 Å². The molecule has 0 aliphatic rings. The number of pyridine rings is 1. The number of rotatable bonds is 3. The zero-order valence-corrected chi connectivity index (χ0v) is 11.3. The third kappa shape index (κ3) is 2.54. The highest BCUT2D eigenvalue weighted by Crippen LogP contribution is 2.25. The molecule has 98 valence electrons. The van der Waals surface area contributed by atoms with Crippen LogP contribution in [0.15, 0.2) is 72.8 Å². The maximum absolute atomic E-state index is 5.26. The largest absolute Gasteiger partial charge is 0.497 e. The Morgan fingerprint density at radius 3 is 2.10 bits per heavy atom. The lowest BCUT2D eigenvalue weighted by Gasteiger charge is -2.06. The van der Waals surface area contributed by atoms with Gasteiger partial charge in [-0.05, 0) is 24.3 Å². The number of hydrogen-bond donors (Lipinski definition) is 0. The van der Waals surface area contributed by atoms with Gasteiger partial charge in [-0.2, -0.15) is 0 Å². The van der Waals surface area contributed by atoms with Crippen LogP contribution in [-0.4, -0.2) is 12.1 Å². The first kappa shape index (κ1) is 12.4. The van der Waals surface area contributed by atoms with Crippen molar-refractivity contribution < 1.29 is 4.74 Å². The predicted molar refractivity (Wildman–Crippen MR) is 81.7 cm³/mol. The van der Waals surface area contributed by atoms with Gasteiger partial charge in [-0.15, -0.1) is 0 Å². The van der Waals surface area contributed by atoms with Crippen LogP contribution in [0.3, 0.4) is 0 Å². The van der Waals surface area contributed by atoms with E-state index in [4.69, 9.17) is 9.72 Å². The minimum Gasteiger partial charge on any atom is -0.497 e. The Bertz CT molecular complexity index is 707. The molecule has 3 aromatic rings. The molecule has 1 heterocycles. The second-order valence-corrected chi connectivity index (χ2v) is 4.51. The summed E-state index contributed by atoms with van der Waals surface area (Å²) in [7, 11) is 1.67. The van der Waals surface area contributed by atoms with Gasteiger partial charge in [-0.3, -0.25) is 0 Å². The number of hydrogen-bond acceptors (Lipinski definition) is 2. The van der Waals surface area contributed by atoms with Crippen LogP contribution >= 0.6 is 0 Å². The monoisotopic (exact) mass is 261 g/mol. The lowest BCUT2D eigenvalue weighted by molar-refractivity contribution is 0.415. The first-order valence-electron chi connectivity index (χ1n) is 6.54. The summed E-state index contributed by atoms with van der Waals surface area (Å²) in [6, 6.07) is 24.2. The summed E-state index contributed by atoms with van der Waals surface area (Å²) >= 11 is 0. The van der Waals surface area contributed by atoms with E-state index in [1.807, 2.05) is 60.7 Å². The van der Waals surface area contributed by atoms with Gasteiger partial charge in [0, 0.05) is 11.1 Å². The zero-order valence-electron chi connectivity index (χ0n) is 11.3. The third-order valence-corrected chi connectivity index (χ3v) is 3.18. The second-order valence-electron chi connectivity index (χ2n) is 4.51. The smallest absolute Gasteiger partial charge is 0.119 e. The van der Waals surface area contributed by atoms with Crippen molar-refractivity contribution in [3.8, 4) is 28.3 Å². The number of aromatic nitrogens is 1. The summed E-state index contributed by atoms with van der Waals surface area (Å²) in [5.41, 5.74) is 4.11. The minimum atomic E-state index is 0.842. The molecule has 2 aromatic carbocycles. The van der Waals surface area contributed by atoms with Crippen LogP contribution in [0.1, 0.15) is 0 Å². The van der Waals surface area contributed by atoms with E-state index in [9.17, 15) is 0 Å².